The Morgan fingerprint density at radius 2 is 0.463 bits per heavy atom. The van der Waals surface area contributed by atoms with E-state index in [-0.39, 0.29) is 0 Å². The van der Waals surface area contributed by atoms with E-state index < -0.39 is 0 Å². The van der Waals surface area contributed by atoms with Crippen molar-refractivity contribution in [3.05, 3.63) is 406 Å². The Labute approximate surface area is 638 Å². The molecule has 0 atom stereocenters. The van der Waals surface area contributed by atoms with Gasteiger partial charge in [-0.2, -0.15) is 0 Å². The molecule has 0 saturated heterocycles. The van der Waals surface area contributed by atoms with Crippen molar-refractivity contribution in [2.45, 2.75) is 0 Å². The zero-order valence-electron chi connectivity index (χ0n) is 58.7. The third kappa shape index (κ3) is 11.9. The maximum Gasteiger partial charge on any atom is 0.0541 e. The minimum Gasteiger partial charge on any atom is -0.310 e. The molecular formula is C102H67N3S3. The van der Waals surface area contributed by atoms with Crippen molar-refractivity contribution in [3.8, 4) is 72.4 Å². The van der Waals surface area contributed by atoms with Crippen LogP contribution in [-0.4, -0.2) is 4.57 Å². The van der Waals surface area contributed by atoms with Gasteiger partial charge in [-0.3, -0.25) is 0 Å². The molecule has 21 aromatic rings. The van der Waals surface area contributed by atoms with Crippen LogP contribution in [0, 0.1) is 0 Å². The van der Waals surface area contributed by atoms with Crippen molar-refractivity contribution in [2.75, 3.05) is 9.80 Å². The molecule has 0 bridgehead atoms. The van der Waals surface area contributed by atoms with E-state index in [0.29, 0.717) is 0 Å². The molecule has 0 aliphatic rings. The first-order valence-electron chi connectivity index (χ1n) is 36.7. The number of para-hydroxylation sites is 2. The highest BCUT2D eigenvalue weighted by molar-refractivity contribution is 7.27. The molecule has 3 nitrogen and oxygen atoms in total. The summed E-state index contributed by atoms with van der Waals surface area (Å²) in [6, 6.07) is 148. The predicted molar refractivity (Wildman–Crippen MR) is 468 cm³/mol. The van der Waals surface area contributed by atoms with Gasteiger partial charge in [-0.25, -0.2) is 0 Å². The maximum atomic E-state index is 2.41. The summed E-state index contributed by atoms with van der Waals surface area (Å²) in [6.07, 6.45) is 0. The molecule has 0 amide bonds. The lowest BCUT2D eigenvalue weighted by Crippen LogP contribution is -2.10. The third-order valence-corrected chi connectivity index (χ3v) is 24.7. The molecule has 0 radical (unpaired) electrons. The van der Waals surface area contributed by atoms with Crippen molar-refractivity contribution in [1.82, 2.24) is 4.57 Å². The number of thiophene rings is 3. The molecule has 0 N–H and O–H groups in total. The van der Waals surface area contributed by atoms with Gasteiger partial charge in [0.1, 0.15) is 0 Å². The number of rotatable bonds is 13. The summed E-state index contributed by atoms with van der Waals surface area (Å²) in [5.41, 5.74) is 24.8. The van der Waals surface area contributed by atoms with Crippen LogP contribution in [0.2, 0.25) is 0 Å². The van der Waals surface area contributed by atoms with Crippen LogP contribution in [0.4, 0.5) is 34.1 Å². The standard InChI is InChI=1S/C54H36N2S.C48H31NS2/c1-3-13-37(14-4-1)39-23-29-42(30-24-39)55(43-31-25-40(26-32-43)38-15-5-2-6-16-38)45-35-49(54-50(36-45)48-19-9-12-22-53(48)57-54)41-27-33-44(34-28-41)56-51-20-10-7-17-46(51)47-18-8-11-21-52(47)56;1-3-11-32(12-4-1)34-19-24-37(25-20-34)49(38-26-21-35(22-27-38)33-13-5-2-6-14-33)39-30-42(48-44(31-39)41-16-8-10-18-46(41)51-48)36-23-28-47-43(29-36)40-15-7-9-17-45(40)50-47/h1-36H;1-31H. The van der Waals surface area contributed by atoms with Gasteiger partial charge < -0.3 is 14.4 Å². The summed E-state index contributed by atoms with van der Waals surface area (Å²) < 4.78 is 10.2. The van der Waals surface area contributed by atoms with Crippen LogP contribution in [0.3, 0.4) is 0 Å². The van der Waals surface area contributed by atoms with Crippen LogP contribution in [-0.2, 0) is 0 Å². The first kappa shape index (κ1) is 64.4. The molecule has 6 heteroatoms. The van der Waals surface area contributed by atoms with Crippen LogP contribution in [0.1, 0.15) is 0 Å². The van der Waals surface area contributed by atoms with E-state index in [2.05, 4.69) is 421 Å². The van der Waals surface area contributed by atoms with Gasteiger partial charge in [-0.15, -0.1) is 34.0 Å². The lowest BCUT2D eigenvalue weighted by Gasteiger charge is -2.27. The molecule has 508 valence electrons. The Morgan fingerprint density at radius 3 is 0.852 bits per heavy atom. The summed E-state index contributed by atoms with van der Waals surface area (Å²) in [6.45, 7) is 0. The number of hydrogen-bond acceptors (Lipinski definition) is 5. The quantitative estimate of drug-likeness (QED) is 0.114. The molecule has 17 aromatic carbocycles. The smallest absolute Gasteiger partial charge is 0.0541 e. The molecule has 4 heterocycles. The second kappa shape index (κ2) is 27.7. The summed E-state index contributed by atoms with van der Waals surface area (Å²) in [5.74, 6) is 0. The molecule has 0 unspecified atom stereocenters. The Morgan fingerprint density at radius 1 is 0.176 bits per heavy atom. The van der Waals surface area contributed by atoms with Gasteiger partial charge in [0.15, 0.2) is 0 Å². The average Bonchev–Trinajstić information content (AvgIpc) is 1.55. The summed E-state index contributed by atoms with van der Waals surface area (Å²) >= 11 is 5.63. The van der Waals surface area contributed by atoms with Gasteiger partial charge in [0.2, 0.25) is 0 Å². The third-order valence-electron chi connectivity index (χ3n) is 21.1. The topological polar surface area (TPSA) is 11.4 Å². The van der Waals surface area contributed by atoms with Crippen molar-refractivity contribution < 1.29 is 0 Å². The summed E-state index contributed by atoms with van der Waals surface area (Å²) in [7, 11) is 0. The largest absolute Gasteiger partial charge is 0.310 e. The van der Waals surface area contributed by atoms with Gasteiger partial charge in [0, 0.05) is 122 Å². The predicted octanol–water partition coefficient (Wildman–Crippen LogP) is 30.5. The fourth-order valence-corrected chi connectivity index (χ4v) is 19.4. The number of hydrogen-bond donors (Lipinski definition) is 0. The van der Waals surface area contributed by atoms with E-state index in [1.165, 1.54) is 149 Å². The summed E-state index contributed by atoms with van der Waals surface area (Å²) in [4.78, 5) is 4.82. The SMILES string of the molecule is c1ccc(-c2ccc(N(c3ccc(-c4ccccc4)cc3)c3cc(-c4ccc(-n5c6ccccc6c6ccccc65)cc4)c4sc5ccccc5c4c3)cc2)cc1.c1ccc(-c2ccc(N(c3ccc(-c4ccccc4)cc3)c3cc(-c4ccc5sc6ccccc6c5c4)c4sc5ccccc5c4c3)cc2)cc1. The van der Waals surface area contributed by atoms with E-state index in [1.54, 1.807) is 0 Å². The van der Waals surface area contributed by atoms with Crippen LogP contribution in [0.15, 0.2) is 406 Å². The molecule has 0 fully saturated rings. The van der Waals surface area contributed by atoms with Gasteiger partial charge in [0.25, 0.3) is 0 Å². The van der Waals surface area contributed by atoms with Crippen molar-refractivity contribution in [1.29, 1.82) is 0 Å². The lowest BCUT2D eigenvalue weighted by molar-refractivity contribution is 1.18. The van der Waals surface area contributed by atoms with E-state index in [0.717, 1.165) is 39.8 Å². The summed E-state index contributed by atoms with van der Waals surface area (Å²) in [5, 5.41) is 10.3. The lowest BCUT2D eigenvalue weighted by atomic mass is 9.98. The first-order valence-corrected chi connectivity index (χ1v) is 39.1. The van der Waals surface area contributed by atoms with Crippen molar-refractivity contribution >= 4 is 150 Å². The van der Waals surface area contributed by atoms with E-state index in [9.17, 15) is 0 Å². The number of aromatic nitrogens is 1. The normalized spacial score (nSPS) is 11.5. The Balaban J connectivity index is 0.000000143. The number of anilines is 6. The Bertz CT molecular complexity index is 6640. The highest BCUT2D eigenvalue weighted by atomic mass is 32.1. The highest BCUT2D eigenvalue weighted by Crippen LogP contribution is 2.50. The second-order valence-corrected chi connectivity index (χ2v) is 30.7. The zero-order chi connectivity index (χ0) is 71.4. The van der Waals surface area contributed by atoms with Crippen molar-refractivity contribution in [2.24, 2.45) is 0 Å². The second-order valence-electron chi connectivity index (χ2n) is 27.5. The molecular weight excluding hydrogens is 1360 g/mol. The van der Waals surface area contributed by atoms with E-state index in [4.69, 9.17) is 0 Å². The van der Waals surface area contributed by atoms with Crippen molar-refractivity contribution in [3.63, 3.8) is 0 Å². The molecule has 0 spiro atoms. The van der Waals surface area contributed by atoms with Crippen LogP contribution in [0.5, 0.6) is 0 Å². The minimum absolute atomic E-state index is 1.11. The van der Waals surface area contributed by atoms with E-state index >= 15 is 0 Å². The average molecular weight is 1430 g/mol. The zero-order valence-corrected chi connectivity index (χ0v) is 61.2. The number of nitrogens with zero attached hydrogens (tertiary/aromatic N) is 3. The van der Waals surface area contributed by atoms with Crippen LogP contribution >= 0.6 is 34.0 Å². The highest BCUT2D eigenvalue weighted by Gasteiger charge is 2.23. The van der Waals surface area contributed by atoms with Gasteiger partial charge in [-0.05, 0) is 183 Å². The van der Waals surface area contributed by atoms with E-state index in [1.807, 2.05) is 34.0 Å². The van der Waals surface area contributed by atoms with Gasteiger partial charge in [-0.1, -0.05) is 279 Å². The maximum absolute atomic E-state index is 2.41. The first-order chi connectivity index (χ1) is 53.5. The van der Waals surface area contributed by atoms with Gasteiger partial charge >= 0.3 is 0 Å². The fraction of sp³-hybridized carbons (Fsp3) is 0. The number of fused-ring (bicyclic) bond motifs is 12. The Hall–Kier alpha value is -13.2. The fourth-order valence-electron chi connectivity index (χ4n) is 15.8. The molecule has 0 aliphatic carbocycles. The molecule has 0 saturated carbocycles. The molecule has 4 aromatic heterocycles. The number of benzene rings is 17. The van der Waals surface area contributed by atoms with Crippen LogP contribution < -0.4 is 9.80 Å². The van der Waals surface area contributed by atoms with Crippen LogP contribution in [0.25, 0.3) is 155 Å². The molecule has 0 aliphatic heterocycles. The van der Waals surface area contributed by atoms with Gasteiger partial charge in [0.05, 0.1) is 11.0 Å². The Kier molecular flexibility index (Phi) is 16.5. The minimum atomic E-state index is 1.11. The molecule has 21 rings (SSSR count). The molecule has 108 heavy (non-hydrogen) atoms. The monoisotopic (exact) mass is 1430 g/mol.